The molecule has 1 saturated carbocycles. The molecule has 1 aliphatic rings. The molecule has 0 radical (unpaired) electrons. The number of carbonyl (C=O) groups is 1. The minimum Gasteiger partial charge on any atom is -0.465 e. The average molecular weight is 309 g/mol. The minimum atomic E-state index is -4.57. The van der Waals surface area contributed by atoms with Crippen molar-refractivity contribution in [3.05, 3.63) is 0 Å². The first-order chi connectivity index (χ1) is 9.71. The molecule has 6 heteroatoms. The highest BCUT2D eigenvalue weighted by Crippen LogP contribution is 2.34. The maximum atomic E-state index is 12.9. The first kappa shape index (κ1) is 18.3. The summed E-state index contributed by atoms with van der Waals surface area (Å²) in [4.78, 5) is 12.0. The number of esters is 1. The van der Waals surface area contributed by atoms with Gasteiger partial charge in [-0.25, -0.2) is 0 Å². The van der Waals surface area contributed by atoms with E-state index < -0.39 is 24.1 Å². The zero-order valence-corrected chi connectivity index (χ0v) is 12.8. The monoisotopic (exact) mass is 309 g/mol. The molecule has 0 bridgehead atoms. The summed E-state index contributed by atoms with van der Waals surface area (Å²) < 4.78 is 43.6. The molecule has 0 unspecified atom stereocenters. The Kier molecular flexibility index (Phi) is 6.97. The van der Waals surface area contributed by atoms with Crippen LogP contribution in [0, 0.1) is 17.8 Å². The zero-order chi connectivity index (χ0) is 16.0. The Morgan fingerprint density at radius 2 is 1.81 bits per heavy atom. The third kappa shape index (κ3) is 6.24. The maximum absolute atomic E-state index is 12.9. The maximum Gasteiger partial charge on any atom is 0.404 e. The first-order valence-corrected chi connectivity index (χ1v) is 7.70. The minimum absolute atomic E-state index is 0.0893. The van der Waals surface area contributed by atoms with Crippen LogP contribution in [0.1, 0.15) is 52.4 Å². The van der Waals surface area contributed by atoms with Crippen LogP contribution in [-0.4, -0.2) is 24.8 Å². The van der Waals surface area contributed by atoms with Crippen LogP contribution in [-0.2, 0) is 9.53 Å². The lowest BCUT2D eigenvalue weighted by molar-refractivity contribution is -0.178. The summed E-state index contributed by atoms with van der Waals surface area (Å²) in [7, 11) is 0. The fourth-order valence-electron chi connectivity index (χ4n) is 2.76. The molecule has 124 valence electrons. The van der Waals surface area contributed by atoms with Gasteiger partial charge in [0.05, 0.1) is 12.5 Å². The second-order valence-corrected chi connectivity index (χ2v) is 6.44. The highest BCUT2D eigenvalue weighted by molar-refractivity contribution is 5.73. The van der Waals surface area contributed by atoms with Gasteiger partial charge in [0.15, 0.2) is 0 Å². The van der Waals surface area contributed by atoms with Crippen molar-refractivity contribution < 1.29 is 22.7 Å². The number of nitrogens with two attached hydrogens (primary N) is 1. The first-order valence-electron chi connectivity index (χ1n) is 7.70. The van der Waals surface area contributed by atoms with Crippen molar-refractivity contribution in [2.45, 2.75) is 64.6 Å². The summed E-state index contributed by atoms with van der Waals surface area (Å²) in [6.45, 7) is 3.81. The van der Waals surface area contributed by atoms with E-state index in [1.807, 2.05) is 13.8 Å². The van der Waals surface area contributed by atoms with E-state index >= 15 is 0 Å². The van der Waals surface area contributed by atoms with E-state index in [4.69, 9.17) is 10.5 Å². The molecule has 0 aromatic rings. The van der Waals surface area contributed by atoms with Crippen LogP contribution in [0.25, 0.3) is 0 Å². The molecule has 0 saturated heterocycles. The van der Waals surface area contributed by atoms with Crippen LogP contribution in [0.5, 0.6) is 0 Å². The van der Waals surface area contributed by atoms with E-state index in [0.29, 0.717) is 0 Å². The molecule has 21 heavy (non-hydrogen) atoms. The Bertz CT molecular complexity index is 325. The molecule has 0 aromatic carbocycles. The molecule has 1 fully saturated rings. The van der Waals surface area contributed by atoms with Crippen molar-refractivity contribution in [2.75, 3.05) is 6.61 Å². The predicted octanol–water partition coefficient (Wildman–Crippen LogP) is 3.66. The van der Waals surface area contributed by atoms with E-state index in [0.717, 1.165) is 32.1 Å². The second kappa shape index (κ2) is 8.01. The fourth-order valence-corrected chi connectivity index (χ4v) is 2.76. The van der Waals surface area contributed by atoms with E-state index in [2.05, 4.69) is 0 Å². The van der Waals surface area contributed by atoms with E-state index in [1.165, 1.54) is 0 Å². The van der Waals surface area contributed by atoms with Gasteiger partial charge >= 0.3 is 12.1 Å². The summed E-state index contributed by atoms with van der Waals surface area (Å²) in [6, 6.07) is -2.14. The third-order valence-electron chi connectivity index (χ3n) is 3.99. The van der Waals surface area contributed by atoms with E-state index in [-0.39, 0.29) is 24.9 Å². The van der Waals surface area contributed by atoms with Gasteiger partial charge in [-0.2, -0.15) is 13.2 Å². The van der Waals surface area contributed by atoms with Crippen LogP contribution in [0.4, 0.5) is 13.2 Å². The molecule has 0 heterocycles. The molecular weight excluding hydrogens is 283 g/mol. The quantitative estimate of drug-likeness (QED) is 0.762. The Balaban J connectivity index is 2.70. The van der Waals surface area contributed by atoms with Crippen molar-refractivity contribution in [3.8, 4) is 0 Å². The molecule has 0 amide bonds. The van der Waals surface area contributed by atoms with Crippen molar-refractivity contribution in [2.24, 2.45) is 23.5 Å². The SMILES string of the molecule is CC(C)COC(=O)[C@H](CC1CCCCC1)[C@@H](N)C(F)(F)F. The van der Waals surface area contributed by atoms with Gasteiger partial charge in [0, 0.05) is 0 Å². The highest BCUT2D eigenvalue weighted by atomic mass is 19.4. The summed E-state index contributed by atoms with van der Waals surface area (Å²) in [5, 5.41) is 0. The van der Waals surface area contributed by atoms with Crippen LogP contribution < -0.4 is 5.73 Å². The second-order valence-electron chi connectivity index (χ2n) is 6.44. The summed E-state index contributed by atoms with van der Waals surface area (Å²) in [6.07, 6.45) is 0.495. The molecule has 1 aliphatic carbocycles. The average Bonchev–Trinajstić information content (AvgIpc) is 2.41. The molecule has 2 atom stereocenters. The molecular formula is C15H26F3NO2. The predicted molar refractivity (Wildman–Crippen MR) is 74.5 cm³/mol. The van der Waals surface area contributed by atoms with Crippen molar-refractivity contribution in [1.82, 2.24) is 0 Å². The number of alkyl halides is 3. The Hall–Kier alpha value is -0.780. The van der Waals surface area contributed by atoms with Gasteiger partial charge in [0.1, 0.15) is 6.04 Å². The van der Waals surface area contributed by atoms with Gasteiger partial charge < -0.3 is 10.5 Å². The normalized spacial score (nSPS) is 20.3. The molecule has 0 aromatic heterocycles. The molecule has 3 nitrogen and oxygen atoms in total. The van der Waals surface area contributed by atoms with Gasteiger partial charge in [0.25, 0.3) is 0 Å². The van der Waals surface area contributed by atoms with E-state index in [9.17, 15) is 18.0 Å². The fraction of sp³-hybridized carbons (Fsp3) is 0.933. The Morgan fingerprint density at radius 3 is 2.29 bits per heavy atom. The van der Waals surface area contributed by atoms with Gasteiger partial charge in [-0.15, -0.1) is 0 Å². The lowest BCUT2D eigenvalue weighted by atomic mass is 9.80. The van der Waals surface area contributed by atoms with Gasteiger partial charge in [0.2, 0.25) is 0 Å². The van der Waals surface area contributed by atoms with Crippen LogP contribution >= 0.6 is 0 Å². The number of halogens is 3. The summed E-state index contributed by atoms with van der Waals surface area (Å²) in [5.41, 5.74) is 5.29. The smallest absolute Gasteiger partial charge is 0.404 e. The third-order valence-corrected chi connectivity index (χ3v) is 3.99. The van der Waals surface area contributed by atoms with Crippen molar-refractivity contribution in [1.29, 1.82) is 0 Å². The van der Waals surface area contributed by atoms with Gasteiger partial charge in [-0.3, -0.25) is 4.79 Å². The molecule has 1 rings (SSSR count). The lowest BCUT2D eigenvalue weighted by Crippen LogP contribution is -2.48. The van der Waals surface area contributed by atoms with E-state index in [1.54, 1.807) is 0 Å². The topological polar surface area (TPSA) is 52.3 Å². The molecule has 0 aliphatic heterocycles. The van der Waals surface area contributed by atoms with Crippen LogP contribution in [0.2, 0.25) is 0 Å². The number of rotatable bonds is 6. The summed E-state index contributed by atoms with van der Waals surface area (Å²) >= 11 is 0. The number of hydrogen-bond donors (Lipinski definition) is 1. The lowest BCUT2D eigenvalue weighted by Gasteiger charge is -2.29. The number of hydrogen-bond acceptors (Lipinski definition) is 3. The standard InChI is InChI=1S/C15H26F3NO2/c1-10(2)9-21-14(20)12(13(19)15(16,17)18)8-11-6-4-3-5-7-11/h10-13H,3-9,19H2,1-2H3/t12-,13-/m1/s1. The zero-order valence-electron chi connectivity index (χ0n) is 12.8. The van der Waals surface area contributed by atoms with Gasteiger partial charge in [-0.1, -0.05) is 46.0 Å². The van der Waals surface area contributed by atoms with Crippen LogP contribution in [0.3, 0.4) is 0 Å². The van der Waals surface area contributed by atoms with Crippen molar-refractivity contribution in [3.63, 3.8) is 0 Å². The van der Waals surface area contributed by atoms with Crippen LogP contribution in [0.15, 0.2) is 0 Å². The Labute approximate surface area is 124 Å². The number of ether oxygens (including phenoxy) is 1. The van der Waals surface area contributed by atoms with Gasteiger partial charge in [-0.05, 0) is 18.3 Å². The molecule has 2 N–H and O–H groups in total. The Morgan fingerprint density at radius 1 is 1.24 bits per heavy atom. The van der Waals surface area contributed by atoms with Crippen molar-refractivity contribution >= 4 is 5.97 Å². The highest BCUT2D eigenvalue weighted by Gasteiger charge is 2.46. The number of carbonyl (C=O) groups excluding carboxylic acids is 1. The summed E-state index contributed by atoms with van der Waals surface area (Å²) in [5.74, 6) is -1.86. The molecule has 0 spiro atoms. The largest absolute Gasteiger partial charge is 0.465 e.